The first-order chi connectivity index (χ1) is 11.3. The lowest BCUT2D eigenvalue weighted by Gasteiger charge is -2.17. The van der Waals surface area contributed by atoms with E-state index in [1.165, 1.54) is 6.07 Å². The van der Waals surface area contributed by atoms with Gasteiger partial charge in [0.25, 0.3) is 0 Å². The van der Waals surface area contributed by atoms with E-state index in [9.17, 15) is 22.8 Å². The summed E-state index contributed by atoms with van der Waals surface area (Å²) in [4.78, 5) is 23.0. The van der Waals surface area contributed by atoms with Gasteiger partial charge in [-0.25, -0.2) is 0 Å². The molecule has 1 aliphatic carbocycles. The van der Waals surface area contributed by atoms with Crippen LogP contribution in [0.4, 0.5) is 13.2 Å². The second-order valence-electron chi connectivity index (χ2n) is 6.10. The summed E-state index contributed by atoms with van der Waals surface area (Å²) in [7, 11) is 0. The molecule has 0 heterocycles. The highest BCUT2D eigenvalue weighted by atomic mass is 19.4. The van der Waals surface area contributed by atoms with Gasteiger partial charge in [0.1, 0.15) is 0 Å². The molecule has 1 fully saturated rings. The highest BCUT2D eigenvalue weighted by molar-refractivity contribution is 5.78. The lowest BCUT2D eigenvalue weighted by Crippen LogP contribution is -2.40. The van der Waals surface area contributed by atoms with Crippen LogP contribution in [0.5, 0.6) is 0 Å². The van der Waals surface area contributed by atoms with Crippen LogP contribution < -0.4 is 5.32 Å². The molecule has 2 N–H and O–H groups in total. The molecule has 1 aromatic carbocycles. The molecule has 24 heavy (non-hydrogen) atoms. The number of hydrogen-bond donors (Lipinski definition) is 2. The van der Waals surface area contributed by atoms with Crippen molar-refractivity contribution < 1.29 is 27.9 Å². The number of halogens is 3. The summed E-state index contributed by atoms with van der Waals surface area (Å²) >= 11 is 0. The van der Waals surface area contributed by atoms with E-state index in [-0.39, 0.29) is 18.4 Å². The maximum atomic E-state index is 12.6. The Morgan fingerprint density at radius 3 is 2.67 bits per heavy atom. The molecular formula is C17H20F3NO3. The molecule has 0 aromatic heterocycles. The molecule has 0 aliphatic heterocycles. The number of alkyl halides is 3. The van der Waals surface area contributed by atoms with Gasteiger partial charge in [-0.1, -0.05) is 24.6 Å². The number of amides is 1. The number of benzene rings is 1. The minimum absolute atomic E-state index is 0.166. The number of carbonyl (C=O) groups is 2. The highest BCUT2D eigenvalue weighted by Crippen LogP contribution is 2.30. The van der Waals surface area contributed by atoms with Crippen molar-refractivity contribution in [3.8, 4) is 0 Å². The molecular weight excluding hydrogens is 323 g/mol. The average molecular weight is 343 g/mol. The molecule has 2 atom stereocenters. The van der Waals surface area contributed by atoms with Gasteiger partial charge in [-0.15, -0.1) is 0 Å². The Labute approximate surface area is 138 Å². The summed E-state index contributed by atoms with van der Waals surface area (Å²) in [6.45, 7) is 0. The lowest BCUT2D eigenvalue weighted by atomic mass is 10.0. The van der Waals surface area contributed by atoms with E-state index in [0.29, 0.717) is 31.2 Å². The van der Waals surface area contributed by atoms with Crippen molar-refractivity contribution in [2.45, 2.75) is 50.7 Å². The summed E-state index contributed by atoms with van der Waals surface area (Å²) < 4.78 is 37.9. The average Bonchev–Trinajstić information content (AvgIpc) is 2.95. The van der Waals surface area contributed by atoms with E-state index in [0.717, 1.165) is 18.6 Å². The lowest BCUT2D eigenvalue weighted by molar-refractivity contribution is -0.142. The van der Waals surface area contributed by atoms with Crippen molar-refractivity contribution in [1.29, 1.82) is 0 Å². The van der Waals surface area contributed by atoms with Crippen molar-refractivity contribution >= 4 is 11.9 Å². The first-order valence-corrected chi connectivity index (χ1v) is 7.95. The minimum atomic E-state index is -4.37. The Morgan fingerprint density at radius 2 is 2.00 bits per heavy atom. The van der Waals surface area contributed by atoms with Crippen LogP contribution in [0.3, 0.4) is 0 Å². The van der Waals surface area contributed by atoms with Gasteiger partial charge < -0.3 is 10.4 Å². The van der Waals surface area contributed by atoms with Gasteiger partial charge in [-0.2, -0.15) is 13.2 Å². The number of rotatable bonds is 6. The summed E-state index contributed by atoms with van der Waals surface area (Å²) in [6.07, 6.45) is -1.45. The summed E-state index contributed by atoms with van der Waals surface area (Å²) in [6, 6.07) is 4.72. The predicted molar refractivity (Wildman–Crippen MR) is 81.3 cm³/mol. The van der Waals surface area contributed by atoms with Crippen LogP contribution >= 0.6 is 0 Å². The van der Waals surface area contributed by atoms with Crippen LogP contribution in [-0.2, 0) is 22.2 Å². The Bertz CT molecular complexity index is 601. The van der Waals surface area contributed by atoms with Crippen LogP contribution in [-0.4, -0.2) is 23.0 Å². The standard InChI is InChI=1S/C17H20F3NO3/c18-17(19,20)12-6-1-4-11(10-12)5-2-9-15(22)21-14-8-3-7-13(14)16(23)24/h1,4,6,10,13-14H,2-3,5,7-9H2,(H,21,22)(H,23,24)/t13-,14+/m1/s1. The number of aliphatic carboxylic acids is 1. The third-order valence-electron chi connectivity index (χ3n) is 4.30. The molecule has 1 aliphatic rings. The molecule has 0 unspecified atom stereocenters. The first-order valence-electron chi connectivity index (χ1n) is 7.95. The number of aryl methyl sites for hydroxylation is 1. The van der Waals surface area contributed by atoms with E-state index in [1.54, 1.807) is 6.07 Å². The molecule has 1 aromatic rings. The molecule has 1 saturated carbocycles. The van der Waals surface area contributed by atoms with E-state index >= 15 is 0 Å². The fourth-order valence-corrected chi connectivity index (χ4v) is 3.06. The third kappa shape index (κ3) is 4.97. The molecule has 4 nitrogen and oxygen atoms in total. The Hall–Kier alpha value is -2.05. The number of carboxylic acid groups (broad SMARTS) is 1. The topological polar surface area (TPSA) is 66.4 Å². The van der Waals surface area contributed by atoms with Crippen LogP contribution in [0.2, 0.25) is 0 Å². The molecule has 7 heteroatoms. The summed E-state index contributed by atoms with van der Waals surface area (Å²) in [5, 5.41) is 11.8. The Morgan fingerprint density at radius 1 is 1.25 bits per heavy atom. The maximum Gasteiger partial charge on any atom is 0.416 e. The van der Waals surface area contributed by atoms with Crippen LogP contribution in [0.1, 0.15) is 43.2 Å². The maximum absolute atomic E-state index is 12.6. The summed E-state index contributed by atoms with van der Waals surface area (Å²) in [5.74, 6) is -1.70. The van der Waals surface area contributed by atoms with Crippen molar-refractivity contribution in [3.63, 3.8) is 0 Å². The van der Waals surface area contributed by atoms with Crippen LogP contribution in [0, 0.1) is 5.92 Å². The predicted octanol–water partition coefficient (Wildman–Crippen LogP) is 3.40. The number of carboxylic acids is 1. The van der Waals surface area contributed by atoms with Gasteiger partial charge >= 0.3 is 12.1 Å². The molecule has 0 bridgehead atoms. The normalized spacial score (nSPS) is 20.8. The van der Waals surface area contributed by atoms with Gasteiger partial charge in [0.2, 0.25) is 5.91 Å². The van der Waals surface area contributed by atoms with Gasteiger partial charge in [0.15, 0.2) is 0 Å². The number of carbonyl (C=O) groups excluding carboxylic acids is 1. The summed E-state index contributed by atoms with van der Waals surface area (Å²) in [5.41, 5.74) is -0.165. The Balaban J connectivity index is 1.80. The fourth-order valence-electron chi connectivity index (χ4n) is 3.06. The molecule has 0 spiro atoms. The van der Waals surface area contributed by atoms with Crippen LogP contribution in [0.15, 0.2) is 24.3 Å². The number of hydrogen-bond acceptors (Lipinski definition) is 2. The smallest absolute Gasteiger partial charge is 0.416 e. The van der Waals surface area contributed by atoms with Crippen molar-refractivity contribution in [2.75, 3.05) is 0 Å². The first kappa shape index (κ1) is 18.3. The third-order valence-corrected chi connectivity index (χ3v) is 4.30. The number of nitrogens with one attached hydrogen (secondary N) is 1. The van der Waals surface area contributed by atoms with E-state index in [2.05, 4.69) is 5.32 Å². The zero-order chi connectivity index (χ0) is 17.7. The van der Waals surface area contributed by atoms with Crippen molar-refractivity contribution in [2.24, 2.45) is 5.92 Å². The largest absolute Gasteiger partial charge is 0.481 e. The van der Waals surface area contributed by atoms with E-state index in [4.69, 9.17) is 5.11 Å². The van der Waals surface area contributed by atoms with E-state index < -0.39 is 23.6 Å². The highest BCUT2D eigenvalue weighted by Gasteiger charge is 2.33. The van der Waals surface area contributed by atoms with Gasteiger partial charge in [0.05, 0.1) is 11.5 Å². The van der Waals surface area contributed by atoms with Gasteiger partial charge in [-0.05, 0) is 37.3 Å². The molecule has 0 radical (unpaired) electrons. The molecule has 0 saturated heterocycles. The van der Waals surface area contributed by atoms with Gasteiger partial charge in [0, 0.05) is 12.5 Å². The SMILES string of the molecule is O=C(CCCc1cccc(C(F)(F)F)c1)N[C@H]1CCC[C@H]1C(=O)O. The van der Waals surface area contributed by atoms with Gasteiger partial charge in [-0.3, -0.25) is 9.59 Å². The second-order valence-corrected chi connectivity index (χ2v) is 6.10. The zero-order valence-corrected chi connectivity index (χ0v) is 13.1. The molecule has 1 amide bonds. The van der Waals surface area contributed by atoms with Crippen LogP contribution in [0.25, 0.3) is 0 Å². The second kappa shape index (κ2) is 7.68. The molecule has 132 valence electrons. The monoisotopic (exact) mass is 343 g/mol. The fraction of sp³-hybridized carbons (Fsp3) is 0.529. The quantitative estimate of drug-likeness (QED) is 0.832. The van der Waals surface area contributed by atoms with E-state index in [1.807, 2.05) is 0 Å². The Kier molecular flexibility index (Phi) is 5.85. The van der Waals surface area contributed by atoms with Crippen molar-refractivity contribution in [3.05, 3.63) is 35.4 Å². The minimum Gasteiger partial charge on any atom is -0.481 e. The zero-order valence-electron chi connectivity index (χ0n) is 13.1. The molecule has 2 rings (SSSR count). The van der Waals surface area contributed by atoms with Crippen molar-refractivity contribution in [1.82, 2.24) is 5.32 Å².